The first-order chi connectivity index (χ1) is 11.0. The lowest BCUT2D eigenvalue weighted by molar-refractivity contribution is -0.000369. The van der Waals surface area contributed by atoms with Gasteiger partial charge >= 0.3 is 0 Å². The minimum absolute atomic E-state index is 0.188. The van der Waals surface area contributed by atoms with E-state index in [9.17, 15) is 9.50 Å². The predicted octanol–water partition coefficient (Wildman–Crippen LogP) is 1.98. The summed E-state index contributed by atoms with van der Waals surface area (Å²) in [7, 11) is 0. The molecule has 2 rings (SSSR count). The third-order valence-corrected chi connectivity index (χ3v) is 4.01. The van der Waals surface area contributed by atoms with Crippen LogP contribution in [0.15, 0.2) is 24.3 Å². The molecule has 0 bridgehead atoms. The van der Waals surface area contributed by atoms with Gasteiger partial charge in [0.05, 0.1) is 12.7 Å². The molecule has 0 radical (unpaired) electrons. The first-order valence-corrected chi connectivity index (χ1v) is 8.48. The fourth-order valence-electron chi connectivity index (χ4n) is 2.77. The summed E-state index contributed by atoms with van der Waals surface area (Å²) >= 11 is 0. The highest BCUT2D eigenvalue weighted by Crippen LogP contribution is 2.10. The van der Waals surface area contributed by atoms with Gasteiger partial charge in [0.15, 0.2) is 0 Å². The Hall–Kier alpha value is -1.01. The number of hydrogen-bond donors (Lipinski definition) is 1. The summed E-state index contributed by atoms with van der Waals surface area (Å²) in [6.45, 7) is 10.7. The summed E-state index contributed by atoms with van der Waals surface area (Å²) < 4.78 is 18.4. The SMILES string of the molecule is CC(C)COCC(O)CN1CCN(Cc2ccc(F)cc2)CC1. The molecule has 1 atom stereocenters. The normalized spacial score (nSPS) is 18.5. The Morgan fingerprint density at radius 2 is 1.65 bits per heavy atom. The van der Waals surface area contributed by atoms with E-state index < -0.39 is 6.10 Å². The van der Waals surface area contributed by atoms with Crippen molar-refractivity contribution in [2.75, 3.05) is 45.9 Å². The Balaban J connectivity index is 1.64. The van der Waals surface area contributed by atoms with Crippen molar-refractivity contribution in [3.05, 3.63) is 35.6 Å². The van der Waals surface area contributed by atoms with Gasteiger partial charge < -0.3 is 9.84 Å². The zero-order valence-electron chi connectivity index (χ0n) is 14.2. The number of aliphatic hydroxyl groups excluding tert-OH is 1. The first-order valence-electron chi connectivity index (χ1n) is 8.48. The fourth-order valence-corrected chi connectivity index (χ4v) is 2.77. The van der Waals surface area contributed by atoms with E-state index in [0.717, 1.165) is 38.3 Å². The van der Waals surface area contributed by atoms with E-state index in [0.29, 0.717) is 25.7 Å². The lowest BCUT2D eigenvalue weighted by atomic mass is 10.2. The number of benzene rings is 1. The Bertz CT molecular complexity index is 445. The van der Waals surface area contributed by atoms with Crippen LogP contribution < -0.4 is 0 Å². The Labute approximate surface area is 138 Å². The van der Waals surface area contributed by atoms with Crippen molar-refractivity contribution in [3.8, 4) is 0 Å². The zero-order valence-corrected chi connectivity index (χ0v) is 14.2. The zero-order chi connectivity index (χ0) is 16.7. The number of halogens is 1. The molecule has 5 heteroatoms. The number of aliphatic hydroxyl groups is 1. The number of β-amino-alcohol motifs (C(OH)–C–C–N with tert-alkyl or cyclic N) is 1. The fraction of sp³-hybridized carbons (Fsp3) is 0.667. The molecular weight excluding hydrogens is 295 g/mol. The van der Waals surface area contributed by atoms with E-state index in [4.69, 9.17) is 4.74 Å². The predicted molar refractivity (Wildman–Crippen MR) is 89.8 cm³/mol. The summed E-state index contributed by atoms with van der Waals surface area (Å²) in [6.07, 6.45) is -0.419. The highest BCUT2D eigenvalue weighted by atomic mass is 19.1. The molecule has 1 aliphatic rings. The van der Waals surface area contributed by atoms with Crippen LogP contribution in [0, 0.1) is 11.7 Å². The summed E-state index contributed by atoms with van der Waals surface area (Å²) in [5.74, 6) is 0.310. The molecule has 130 valence electrons. The van der Waals surface area contributed by atoms with E-state index in [1.807, 2.05) is 12.1 Å². The number of ether oxygens (including phenoxy) is 1. The van der Waals surface area contributed by atoms with E-state index in [2.05, 4.69) is 23.6 Å². The second-order valence-corrected chi connectivity index (χ2v) is 6.79. The Kier molecular flexibility index (Phi) is 7.43. The molecule has 0 amide bonds. The van der Waals surface area contributed by atoms with Gasteiger partial charge in [-0.1, -0.05) is 26.0 Å². The minimum Gasteiger partial charge on any atom is -0.389 e. The Morgan fingerprint density at radius 1 is 1.04 bits per heavy atom. The van der Waals surface area contributed by atoms with Crippen molar-refractivity contribution >= 4 is 0 Å². The molecule has 1 aliphatic heterocycles. The van der Waals surface area contributed by atoms with E-state index in [1.165, 1.54) is 12.1 Å². The summed E-state index contributed by atoms with van der Waals surface area (Å²) in [4.78, 5) is 4.65. The Morgan fingerprint density at radius 3 is 2.26 bits per heavy atom. The molecule has 4 nitrogen and oxygen atoms in total. The average molecular weight is 324 g/mol. The van der Waals surface area contributed by atoms with Crippen LogP contribution in [-0.4, -0.2) is 66.9 Å². The van der Waals surface area contributed by atoms with Crippen molar-refractivity contribution in [2.24, 2.45) is 5.92 Å². The van der Waals surface area contributed by atoms with Crippen LogP contribution in [0.3, 0.4) is 0 Å². The lowest BCUT2D eigenvalue weighted by Gasteiger charge is -2.35. The maximum atomic E-state index is 12.9. The molecule has 1 unspecified atom stereocenters. The number of rotatable bonds is 8. The molecule has 0 saturated carbocycles. The van der Waals surface area contributed by atoms with Gasteiger partial charge in [-0.2, -0.15) is 0 Å². The van der Waals surface area contributed by atoms with Crippen molar-refractivity contribution in [3.63, 3.8) is 0 Å². The molecule has 1 fully saturated rings. The van der Waals surface area contributed by atoms with Gasteiger partial charge in [-0.15, -0.1) is 0 Å². The molecule has 1 aromatic rings. The summed E-state index contributed by atoms with van der Waals surface area (Å²) in [6, 6.07) is 6.72. The highest BCUT2D eigenvalue weighted by Gasteiger charge is 2.19. The van der Waals surface area contributed by atoms with Gasteiger partial charge in [-0.3, -0.25) is 9.80 Å². The molecule has 0 aliphatic carbocycles. The summed E-state index contributed by atoms with van der Waals surface area (Å²) in [5, 5.41) is 10.0. The van der Waals surface area contributed by atoms with Crippen LogP contribution in [-0.2, 0) is 11.3 Å². The maximum absolute atomic E-state index is 12.9. The average Bonchev–Trinajstić information content (AvgIpc) is 2.51. The van der Waals surface area contributed by atoms with Crippen LogP contribution in [0.2, 0.25) is 0 Å². The van der Waals surface area contributed by atoms with E-state index in [-0.39, 0.29) is 5.82 Å². The van der Waals surface area contributed by atoms with Gasteiger partial charge in [0, 0.05) is 45.9 Å². The second kappa shape index (κ2) is 9.33. The second-order valence-electron chi connectivity index (χ2n) is 6.79. The largest absolute Gasteiger partial charge is 0.389 e. The lowest BCUT2D eigenvalue weighted by Crippen LogP contribution is -2.48. The van der Waals surface area contributed by atoms with Crippen molar-refractivity contribution < 1.29 is 14.2 Å². The van der Waals surface area contributed by atoms with Gasteiger partial charge in [0.2, 0.25) is 0 Å². The quantitative estimate of drug-likeness (QED) is 0.793. The molecule has 23 heavy (non-hydrogen) atoms. The van der Waals surface area contributed by atoms with Crippen molar-refractivity contribution in [1.82, 2.24) is 9.80 Å². The minimum atomic E-state index is -0.419. The van der Waals surface area contributed by atoms with Crippen molar-refractivity contribution in [1.29, 1.82) is 0 Å². The van der Waals surface area contributed by atoms with Crippen molar-refractivity contribution in [2.45, 2.75) is 26.5 Å². The van der Waals surface area contributed by atoms with Crippen LogP contribution in [0.1, 0.15) is 19.4 Å². The first kappa shape index (κ1) is 18.3. The van der Waals surface area contributed by atoms with Gasteiger partial charge in [0.25, 0.3) is 0 Å². The molecule has 1 N–H and O–H groups in total. The van der Waals surface area contributed by atoms with E-state index >= 15 is 0 Å². The van der Waals surface area contributed by atoms with Crippen LogP contribution in [0.5, 0.6) is 0 Å². The molecular formula is C18H29FN2O2. The van der Waals surface area contributed by atoms with E-state index in [1.54, 1.807) is 0 Å². The monoisotopic (exact) mass is 324 g/mol. The van der Waals surface area contributed by atoms with Gasteiger partial charge in [-0.05, 0) is 23.6 Å². The van der Waals surface area contributed by atoms with Gasteiger partial charge in [-0.25, -0.2) is 4.39 Å². The number of piperazine rings is 1. The van der Waals surface area contributed by atoms with Crippen LogP contribution in [0.25, 0.3) is 0 Å². The highest BCUT2D eigenvalue weighted by molar-refractivity contribution is 5.15. The third kappa shape index (κ3) is 6.96. The standard InChI is InChI=1S/C18H29FN2O2/c1-15(2)13-23-14-18(22)12-21-9-7-20(8-10-21)11-16-3-5-17(19)6-4-16/h3-6,15,18,22H,7-14H2,1-2H3. The number of nitrogens with zero attached hydrogens (tertiary/aromatic N) is 2. The topological polar surface area (TPSA) is 35.9 Å². The summed E-state index contributed by atoms with van der Waals surface area (Å²) in [5.41, 5.74) is 1.14. The van der Waals surface area contributed by atoms with Crippen LogP contribution in [0.4, 0.5) is 4.39 Å². The van der Waals surface area contributed by atoms with Crippen LogP contribution >= 0.6 is 0 Å². The van der Waals surface area contributed by atoms with Gasteiger partial charge in [0.1, 0.15) is 5.82 Å². The molecule has 1 heterocycles. The molecule has 1 aromatic carbocycles. The smallest absolute Gasteiger partial charge is 0.123 e. The third-order valence-electron chi connectivity index (χ3n) is 4.01. The molecule has 1 saturated heterocycles. The number of hydrogen-bond acceptors (Lipinski definition) is 4. The molecule has 0 spiro atoms. The maximum Gasteiger partial charge on any atom is 0.123 e. The molecule has 0 aromatic heterocycles.